The van der Waals surface area contributed by atoms with Crippen LogP contribution < -0.4 is 30.0 Å². The van der Waals surface area contributed by atoms with Crippen LogP contribution in [0, 0.1) is 5.82 Å². The lowest BCUT2D eigenvalue weighted by Gasteiger charge is -2.30. The number of nitrogens with one attached hydrogen (secondary N) is 1. The standard InChI is InChI=1S/C36H25ClF6N4O7/c1-33(32(44)49)15-52-29-22(33)12-25(47-28(29)21-7-8-23-30(26(21)37)54-36(42,43)53-23)34(50,18-3-5-20(38)6-4-18)14-46-31(48)17-9-16-10-19(35(39,40)41)13-45-27(16)24(11-17)51-2/h3-13,50H,14-15H2,1-2H3,(H2,44,49)(H,46,48)/t33-,34+/m0/s1. The van der Waals surface area contributed by atoms with Gasteiger partial charge in [0.2, 0.25) is 5.91 Å². The second-order valence-electron chi connectivity index (χ2n) is 12.7. The fraction of sp³-hybridized carbons (Fsp3) is 0.222. The van der Waals surface area contributed by atoms with Crippen molar-refractivity contribution in [2.75, 3.05) is 20.3 Å². The zero-order valence-corrected chi connectivity index (χ0v) is 28.5. The Balaban J connectivity index is 1.36. The Morgan fingerprint density at radius 3 is 2.43 bits per heavy atom. The Bertz CT molecular complexity index is 2380. The minimum atomic E-state index is -4.73. The number of nitrogens with two attached hydrogens (primary N) is 1. The maximum Gasteiger partial charge on any atom is 0.586 e. The molecule has 0 unspecified atom stereocenters. The molecular weight excluding hydrogens is 750 g/mol. The van der Waals surface area contributed by atoms with Gasteiger partial charge in [-0.2, -0.15) is 13.2 Å². The number of fused-ring (bicyclic) bond motifs is 3. The number of pyridine rings is 2. The summed E-state index contributed by atoms with van der Waals surface area (Å²) in [7, 11) is 1.24. The largest absolute Gasteiger partial charge is 0.586 e. The number of hydrogen-bond donors (Lipinski definition) is 3. The number of amides is 2. The zero-order chi connectivity index (χ0) is 39.0. The molecule has 2 aromatic heterocycles. The number of benzene rings is 3. The van der Waals surface area contributed by atoms with E-state index in [0.29, 0.717) is 6.20 Å². The highest BCUT2D eigenvalue weighted by atomic mass is 35.5. The van der Waals surface area contributed by atoms with E-state index < -0.39 is 59.0 Å². The monoisotopic (exact) mass is 774 g/mol. The third-order valence-corrected chi connectivity index (χ3v) is 9.57. The molecule has 0 saturated carbocycles. The Hall–Kier alpha value is -5.81. The fourth-order valence-corrected chi connectivity index (χ4v) is 6.46. The first-order valence-electron chi connectivity index (χ1n) is 15.7. The number of ether oxygens (including phenoxy) is 4. The van der Waals surface area contributed by atoms with Gasteiger partial charge in [0.15, 0.2) is 11.5 Å². The van der Waals surface area contributed by atoms with Crippen LogP contribution in [0.25, 0.3) is 22.2 Å². The summed E-state index contributed by atoms with van der Waals surface area (Å²) < 4.78 is 103. The van der Waals surface area contributed by atoms with E-state index in [9.17, 15) is 41.0 Å². The third kappa shape index (κ3) is 6.12. The number of rotatable bonds is 8. The molecule has 0 radical (unpaired) electrons. The molecule has 54 heavy (non-hydrogen) atoms. The average molecular weight is 775 g/mol. The highest BCUT2D eigenvalue weighted by Crippen LogP contribution is 2.53. The number of alkyl halides is 5. The summed E-state index contributed by atoms with van der Waals surface area (Å²) in [6.45, 7) is 0.455. The van der Waals surface area contributed by atoms with Gasteiger partial charge in [0.25, 0.3) is 5.91 Å². The number of primary amides is 1. The molecule has 0 bridgehead atoms. The summed E-state index contributed by atoms with van der Waals surface area (Å²) in [6.07, 6.45) is -8.13. The summed E-state index contributed by atoms with van der Waals surface area (Å²) in [5.74, 6) is -3.37. The van der Waals surface area contributed by atoms with Crippen molar-refractivity contribution in [2.45, 2.75) is 30.4 Å². The Labute approximate surface area is 305 Å². The highest BCUT2D eigenvalue weighted by molar-refractivity contribution is 6.35. The summed E-state index contributed by atoms with van der Waals surface area (Å²) in [4.78, 5) is 35.0. The number of halogens is 7. The lowest BCUT2D eigenvalue weighted by atomic mass is 9.80. The number of carbonyl (C=O) groups excluding carboxylic acids is 2. The Kier molecular flexibility index (Phi) is 8.57. The van der Waals surface area contributed by atoms with E-state index in [4.69, 9.17) is 26.8 Å². The molecule has 2 aliphatic rings. The van der Waals surface area contributed by atoms with Crippen LogP contribution in [0.15, 0.2) is 66.9 Å². The molecule has 4 heterocycles. The molecule has 2 amide bonds. The molecule has 0 fully saturated rings. The van der Waals surface area contributed by atoms with Gasteiger partial charge >= 0.3 is 12.5 Å². The van der Waals surface area contributed by atoms with Crippen LogP contribution in [0.1, 0.15) is 39.7 Å². The number of carbonyl (C=O) groups is 2. The number of methoxy groups -OCH3 is 1. The van der Waals surface area contributed by atoms with Gasteiger partial charge in [0, 0.05) is 28.3 Å². The van der Waals surface area contributed by atoms with Crippen molar-refractivity contribution < 1.29 is 60.0 Å². The number of nitrogens with zero attached hydrogens (tertiary/aromatic N) is 2. The molecule has 3 aromatic carbocycles. The molecule has 4 N–H and O–H groups in total. The van der Waals surface area contributed by atoms with Gasteiger partial charge in [-0.25, -0.2) is 9.37 Å². The SMILES string of the molecule is COc1cc(C(=O)NC[C@@](O)(c2ccc(F)cc2)c2cc3c(c(-c4ccc5c(c4Cl)OC(F)(F)O5)n2)OC[C@]3(C)C(N)=O)cc2cc(C(F)(F)F)cnc12. The first-order chi connectivity index (χ1) is 25.3. The van der Waals surface area contributed by atoms with Crippen LogP contribution in [0.4, 0.5) is 26.3 Å². The number of aromatic nitrogens is 2. The number of aliphatic hydroxyl groups is 1. The van der Waals surface area contributed by atoms with Gasteiger partial charge in [-0.05, 0) is 61.0 Å². The fourth-order valence-electron chi connectivity index (χ4n) is 6.18. The van der Waals surface area contributed by atoms with E-state index in [-0.39, 0.29) is 73.4 Å². The quantitative estimate of drug-likeness (QED) is 0.156. The summed E-state index contributed by atoms with van der Waals surface area (Å²) in [6, 6.07) is 11.4. The molecule has 5 aromatic rings. The van der Waals surface area contributed by atoms with Gasteiger partial charge in [-0.15, -0.1) is 8.78 Å². The zero-order valence-electron chi connectivity index (χ0n) is 27.8. The van der Waals surface area contributed by atoms with Gasteiger partial charge in [-0.3, -0.25) is 14.6 Å². The predicted octanol–water partition coefficient (Wildman–Crippen LogP) is 6.24. The van der Waals surface area contributed by atoms with E-state index in [2.05, 4.69) is 24.8 Å². The Morgan fingerprint density at radius 1 is 1.04 bits per heavy atom. The van der Waals surface area contributed by atoms with Crippen LogP contribution in [0.3, 0.4) is 0 Å². The van der Waals surface area contributed by atoms with Crippen LogP contribution >= 0.6 is 11.6 Å². The van der Waals surface area contributed by atoms with Gasteiger partial charge < -0.3 is 35.1 Å². The molecule has 2 atom stereocenters. The smallest absolute Gasteiger partial charge is 0.494 e. The van der Waals surface area contributed by atoms with Crippen LogP contribution in [0.2, 0.25) is 5.02 Å². The first-order valence-corrected chi connectivity index (χ1v) is 16.1. The van der Waals surface area contributed by atoms with Gasteiger partial charge in [0.05, 0.1) is 29.9 Å². The van der Waals surface area contributed by atoms with Crippen molar-refractivity contribution in [3.05, 3.63) is 106 Å². The van der Waals surface area contributed by atoms with E-state index in [1.807, 2.05) is 0 Å². The maximum atomic E-state index is 14.2. The summed E-state index contributed by atoms with van der Waals surface area (Å²) >= 11 is 6.56. The lowest BCUT2D eigenvalue weighted by molar-refractivity contribution is -0.286. The van der Waals surface area contributed by atoms with Crippen molar-refractivity contribution in [2.24, 2.45) is 5.73 Å². The topological polar surface area (TPSA) is 155 Å². The molecule has 280 valence electrons. The number of hydrogen-bond acceptors (Lipinski definition) is 9. The average Bonchev–Trinajstić information content (AvgIpc) is 3.65. The molecule has 0 aliphatic carbocycles. The molecule has 2 aliphatic heterocycles. The minimum absolute atomic E-state index is 0.0193. The molecule has 0 spiro atoms. The van der Waals surface area contributed by atoms with Crippen LogP contribution in [-0.2, 0) is 22.0 Å². The second-order valence-corrected chi connectivity index (χ2v) is 13.0. The normalized spacial score (nSPS) is 18.1. The van der Waals surface area contributed by atoms with E-state index in [0.717, 1.165) is 30.3 Å². The van der Waals surface area contributed by atoms with Gasteiger partial charge in [-0.1, -0.05) is 23.7 Å². The van der Waals surface area contributed by atoms with Crippen molar-refractivity contribution in [3.8, 4) is 34.3 Å². The van der Waals surface area contributed by atoms with Crippen molar-refractivity contribution in [3.63, 3.8) is 0 Å². The molecule has 11 nitrogen and oxygen atoms in total. The molecule has 18 heteroatoms. The van der Waals surface area contributed by atoms with Crippen LogP contribution in [-0.4, -0.2) is 53.4 Å². The van der Waals surface area contributed by atoms with E-state index >= 15 is 0 Å². The highest BCUT2D eigenvalue weighted by Gasteiger charge is 2.48. The van der Waals surface area contributed by atoms with Crippen molar-refractivity contribution >= 4 is 34.3 Å². The second kappa shape index (κ2) is 12.7. The van der Waals surface area contributed by atoms with Crippen molar-refractivity contribution in [1.29, 1.82) is 0 Å². The lowest BCUT2D eigenvalue weighted by Crippen LogP contribution is -2.43. The van der Waals surface area contributed by atoms with E-state index in [1.54, 1.807) is 0 Å². The van der Waals surface area contributed by atoms with E-state index in [1.165, 1.54) is 44.4 Å². The maximum absolute atomic E-state index is 14.2. The third-order valence-electron chi connectivity index (χ3n) is 9.19. The molecular formula is C36H25ClF6N4O7. The minimum Gasteiger partial charge on any atom is -0.494 e. The first kappa shape index (κ1) is 36.5. The van der Waals surface area contributed by atoms with Crippen LogP contribution in [0.5, 0.6) is 23.0 Å². The van der Waals surface area contributed by atoms with Gasteiger partial charge in [0.1, 0.15) is 46.1 Å². The van der Waals surface area contributed by atoms with Crippen molar-refractivity contribution in [1.82, 2.24) is 15.3 Å². The molecule has 0 saturated heterocycles. The summed E-state index contributed by atoms with van der Waals surface area (Å²) in [5.41, 5.74) is 0.306. The molecule has 7 rings (SSSR count). The Morgan fingerprint density at radius 2 is 1.76 bits per heavy atom. The predicted molar refractivity (Wildman–Crippen MR) is 178 cm³/mol. The summed E-state index contributed by atoms with van der Waals surface area (Å²) in [5, 5.41) is 14.6.